The average Bonchev–Trinajstić information content (AvgIpc) is 2.72. The smallest absolute Gasteiger partial charge is 0.243 e. The van der Waals surface area contributed by atoms with Crippen LogP contribution in [0.4, 0.5) is 5.69 Å². The van der Waals surface area contributed by atoms with Crippen molar-refractivity contribution in [3.63, 3.8) is 0 Å². The number of nitrogens with zero attached hydrogens (tertiary/aromatic N) is 3. The highest BCUT2D eigenvalue weighted by Crippen LogP contribution is 2.32. The van der Waals surface area contributed by atoms with Gasteiger partial charge in [0.1, 0.15) is 5.75 Å². The first-order valence-electron chi connectivity index (χ1n) is 10.0. The Bertz CT molecular complexity index is 770. The minimum absolute atomic E-state index is 0.0311. The highest BCUT2D eigenvalue weighted by atomic mass is 32.2. The van der Waals surface area contributed by atoms with Crippen LogP contribution < -0.4 is 9.64 Å². The molecule has 1 fully saturated rings. The van der Waals surface area contributed by atoms with Crippen molar-refractivity contribution in [1.29, 1.82) is 0 Å². The average molecular weight is 412 g/mol. The highest BCUT2D eigenvalue weighted by molar-refractivity contribution is 7.89. The number of methoxy groups -OCH3 is 1. The van der Waals surface area contributed by atoms with Crippen molar-refractivity contribution in [3.8, 4) is 5.75 Å². The Morgan fingerprint density at radius 2 is 1.75 bits per heavy atom. The maximum atomic E-state index is 12.9. The van der Waals surface area contributed by atoms with Crippen molar-refractivity contribution in [2.75, 3.05) is 51.3 Å². The molecule has 0 spiro atoms. The predicted molar refractivity (Wildman–Crippen MR) is 111 cm³/mol. The lowest BCUT2D eigenvalue weighted by Gasteiger charge is -2.37. The third-order valence-electron chi connectivity index (χ3n) is 5.46. The van der Waals surface area contributed by atoms with Gasteiger partial charge in [-0.15, -0.1) is 0 Å². The second-order valence-electron chi connectivity index (χ2n) is 7.04. The van der Waals surface area contributed by atoms with E-state index in [9.17, 15) is 13.2 Å². The summed E-state index contributed by atoms with van der Waals surface area (Å²) in [5, 5.41) is 0. The van der Waals surface area contributed by atoms with Gasteiger partial charge in [-0.2, -0.15) is 4.31 Å². The number of ether oxygens (including phenoxy) is 1. The zero-order valence-corrected chi connectivity index (χ0v) is 18.5. The molecule has 7 nitrogen and oxygen atoms in total. The number of carbonyl (C=O) groups excluding carboxylic acids is 1. The van der Waals surface area contributed by atoms with Crippen LogP contribution in [0, 0.1) is 5.92 Å². The van der Waals surface area contributed by atoms with Crippen LogP contribution in [0.5, 0.6) is 5.75 Å². The molecule has 1 atom stereocenters. The summed E-state index contributed by atoms with van der Waals surface area (Å²) in [7, 11) is -1.96. The fraction of sp³-hybridized carbons (Fsp3) is 0.650. The van der Waals surface area contributed by atoms with Crippen molar-refractivity contribution in [2.24, 2.45) is 5.92 Å². The van der Waals surface area contributed by atoms with E-state index in [-0.39, 0.29) is 16.7 Å². The SMILES string of the molecule is CCC(C)C(=O)N1CCN(c2cc(S(=O)(=O)N(CC)CC)ccc2OC)CC1. The summed E-state index contributed by atoms with van der Waals surface area (Å²) in [6.07, 6.45) is 0.831. The van der Waals surface area contributed by atoms with Crippen LogP contribution in [0.25, 0.3) is 0 Å². The van der Waals surface area contributed by atoms with Gasteiger partial charge in [0.15, 0.2) is 0 Å². The van der Waals surface area contributed by atoms with Crippen LogP contribution in [0.15, 0.2) is 23.1 Å². The third kappa shape index (κ3) is 4.60. The third-order valence-corrected chi connectivity index (χ3v) is 7.51. The molecule has 1 aliphatic rings. The maximum absolute atomic E-state index is 12.9. The molecule has 1 unspecified atom stereocenters. The van der Waals surface area contributed by atoms with Crippen LogP contribution in [-0.4, -0.2) is 69.9 Å². The maximum Gasteiger partial charge on any atom is 0.243 e. The van der Waals surface area contributed by atoms with Crippen LogP contribution in [0.2, 0.25) is 0 Å². The summed E-state index contributed by atoms with van der Waals surface area (Å²) in [6.45, 7) is 11.0. The molecule has 28 heavy (non-hydrogen) atoms. The Hall–Kier alpha value is -1.80. The van der Waals surface area contributed by atoms with Crippen LogP contribution in [0.1, 0.15) is 34.1 Å². The van der Waals surface area contributed by atoms with E-state index in [1.807, 2.05) is 32.6 Å². The molecule has 0 saturated carbocycles. The summed E-state index contributed by atoms with van der Waals surface area (Å²) in [4.78, 5) is 16.7. The molecule has 0 bridgehead atoms. The number of anilines is 1. The Morgan fingerprint density at radius 3 is 2.25 bits per heavy atom. The van der Waals surface area contributed by atoms with Gasteiger partial charge in [0.2, 0.25) is 15.9 Å². The summed E-state index contributed by atoms with van der Waals surface area (Å²) in [6, 6.07) is 5.00. The lowest BCUT2D eigenvalue weighted by Crippen LogP contribution is -2.50. The summed E-state index contributed by atoms with van der Waals surface area (Å²) >= 11 is 0. The molecule has 0 aromatic heterocycles. The van der Waals surface area contributed by atoms with E-state index in [0.29, 0.717) is 45.0 Å². The summed E-state index contributed by atoms with van der Waals surface area (Å²) in [5.41, 5.74) is 0.756. The van der Waals surface area contributed by atoms with Gasteiger partial charge in [0.25, 0.3) is 0 Å². The predicted octanol–water partition coefficient (Wildman–Crippen LogP) is 2.42. The van der Waals surface area contributed by atoms with E-state index in [4.69, 9.17) is 4.74 Å². The molecular weight excluding hydrogens is 378 g/mol. The lowest BCUT2D eigenvalue weighted by atomic mass is 10.1. The Balaban J connectivity index is 2.25. The van der Waals surface area contributed by atoms with E-state index in [0.717, 1.165) is 12.1 Å². The molecule has 1 amide bonds. The van der Waals surface area contributed by atoms with Gasteiger partial charge >= 0.3 is 0 Å². The summed E-state index contributed by atoms with van der Waals surface area (Å²) < 4.78 is 32.7. The highest BCUT2D eigenvalue weighted by Gasteiger charge is 2.28. The van der Waals surface area contributed by atoms with Crippen LogP contribution >= 0.6 is 0 Å². The van der Waals surface area contributed by atoms with Gasteiger partial charge in [-0.1, -0.05) is 27.7 Å². The van der Waals surface area contributed by atoms with Gasteiger partial charge in [0.05, 0.1) is 17.7 Å². The lowest BCUT2D eigenvalue weighted by molar-refractivity contribution is -0.135. The zero-order chi connectivity index (χ0) is 20.9. The first-order chi connectivity index (χ1) is 13.3. The number of amides is 1. The second-order valence-corrected chi connectivity index (χ2v) is 8.98. The Kier molecular flexibility index (Phi) is 7.71. The molecule has 2 rings (SSSR count). The van der Waals surface area contributed by atoms with E-state index < -0.39 is 10.0 Å². The minimum Gasteiger partial charge on any atom is -0.495 e. The number of hydrogen-bond donors (Lipinski definition) is 0. The zero-order valence-electron chi connectivity index (χ0n) is 17.6. The van der Waals surface area contributed by atoms with Gasteiger partial charge in [0, 0.05) is 45.2 Å². The van der Waals surface area contributed by atoms with E-state index in [1.165, 1.54) is 4.31 Å². The van der Waals surface area contributed by atoms with Gasteiger partial charge in [-0.25, -0.2) is 8.42 Å². The van der Waals surface area contributed by atoms with Crippen LogP contribution in [-0.2, 0) is 14.8 Å². The van der Waals surface area contributed by atoms with E-state index in [2.05, 4.69) is 4.90 Å². The normalized spacial score (nSPS) is 16.4. The molecule has 0 radical (unpaired) electrons. The molecule has 1 saturated heterocycles. The summed E-state index contributed by atoms with van der Waals surface area (Å²) in [5.74, 6) is 0.857. The monoisotopic (exact) mass is 411 g/mol. The van der Waals surface area contributed by atoms with E-state index >= 15 is 0 Å². The van der Waals surface area contributed by atoms with Crippen molar-refractivity contribution in [1.82, 2.24) is 9.21 Å². The van der Waals surface area contributed by atoms with E-state index in [1.54, 1.807) is 25.3 Å². The van der Waals surface area contributed by atoms with Crippen molar-refractivity contribution in [3.05, 3.63) is 18.2 Å². The second kappa shape index (κ2) is 9.60. The largest absolute Gasteiger partial charge is 0.495 e. The van der Waals surface area contributed by atoms with Crippen molar-refractivity contribution >= 4 is 21.6 Å². The van der Waals surface area contributed by atoms with Gasteiger partial charge in [-0.3, -0.25) is 4.79 Å². The molecule has 1 heterocycles. The van der Waals surface area contributed by atoms with Crippen molar-refractivity contribution in [2.45, 2.75) is 39.0 Å². The fourth-order valence-electron chi connectivity index (χ4n) is 3.44. The first kappa shape index (κ1) is 22.5. The Morgan fingerprint density at radius 1 is 1.14 bits per heavy atom. The number of piperazine rings is 1. The molecule has 1 aliphatic heterocycles. The minimum atomic E-state index is -3.54. The van der Waals surface area contributed by atoms with Gasteiger partial charge < -0.3 is 14.5 Å². The molecule has 0 N–H and O–H groups in total. The Labute approximate surface area is 169 Å². The van der Waals surface area contributed by atoms with Crippen molar-refractivity contribution < 1.29 is 17.9 Å². The number of benzene rings is 1. The molecule has 1 aromatic carbocycles. The molecule has 0 aliphatic carbocycles. The number of carbonyl (C=O) groups is 1. The fourth-order valence-corrected chi connectivity index (χ4v) is 4.92. The first-order valence-corrected chi connectivity index (χ1v) is 11.5. The topological polar surface area (TPSA) is 70.2 Å². The number of sulfonamides is 1. The quantitative estimate of drug-likeness (QED) is 0.657. The van der Waals surface area contributed by atoms with Crippen LogP contribution in [0.3, 0.4) is 0 Å². The number of rotatable bonds is 8. The molecule has 8 heteroatoms. The molecule has 158 valence electrons. The van der Waals surface area contributed by atoms with Gasteiger partial charge in [-0.05, 0) is 24.6 Å². The standard InChI is InChI=1S/C20H33N3O4S/c1-6-16(4)20(24)22-13-11-21(12-14-22)18-15-17(9-10-19(18)27-5)28(25,26)23(7-2)8-3/h9-10,15-16H,6-8,11-14H2,1-5H3. The molecular formula is C20H33N3O4S. The molecule has 1 aromatic rings. The number of hydrogen-bond acceptors (Lipinski definition) is 5.